The first-order chi connectivity index (χ1) is 42.4. The molecule has 0 rings (SSSR count). The molecule has 3 atom stereocenters. The Morgan fingerprint density at radius 3 is 1.07 bits per heavy atom. The molecule has 0 aliphatic heterocycles. The van der Waals surface area contributed by atoms with Crippen molar-refractivity contribution in [1.29, 1.82) is 0 Å². The van der Waals surface area contributed by atoms with Gasteiger partial charge in [0.05, 0.1) is 33.8 Å². The Hall–Kier alpha value is -2.03. The highest BCUT2D eigenvalue weighted by molar-refractivity contribution is 7.45. The second-order valence-electron chi connectivity index (χ2n) is 27.1. The molecule has 1 N–H and O–H groups in total. The van der Waals surface area contributed by atoms with Gasteiger partial charge in [0, 0.05) is 12.8 Å². The van der Waals surface area contributed by atoms with Gasteiger partial charge in [-0.05, 0) is 89.5 Å². The van der Waals surface area contributed by atoms with Crippen molar-refractivity contribution < 1.29 is 37.3 Å². The van der Waals surface area contributed by atoms with Gasteiger partial charge in [0.1, 0.15) is 19.3 Å². The number of unbranched alkanes of at least 4 members (excludes halogenated alkanes) is 48. The van der Waals surface area contributed by atoms with Crippen LogP contribution in [0.4, 0.5) is 0 Å². The molecule has 0 aromatic carbocycles. The molecule has 512 valence electrons. The summed E-state index contributed by atoms with van der Waals surface area (Å²) >= 11 is 0. The third-order valence-corrected chi connectivity index (χ3v) is 18.2. The lowest BCUT2D eigenvalue weighted by molar-refractivity contribution is -0.870. The predicted octanol–water partition coefficient (Wildman–Crippen LogP) is 23.7. The predicted molar refractivity (Wildman–Crippen MR) is 376 cm³/mol. The van der Waals surface area contributed by atoms with E-state index in [0.717, 1.165) is 64.2 Å². The van der Waals surface area contributed by atoms with Crippen molar-refractivity contribution in [3.8, 4) is 0 Å². The fourth-order valence-corrected chi connectivity index (χ4v) is 12.1. The smallest absolute Gasteiger partial charge is 0.306 e. The summed E-state index contributed by atoms with van der Waals surface area (Å²) in [5, 5.41) is 3.05. The fourth-order valence-electron chi connectivity index (χ4n) is 11.4. The molecule has 10 heteroatoms. The molecule has 0 radical (unpaired) electrons. The fraction of sp³-hybridized carbons (Fsp3) is 0.870. The maximum absolute atomic E-state index is 13.6. The number of phosphoric ester groups is 1. The highest BCUT2D eigenvalue weighted by Crippen LogP contribution is 2.38. The van der Waals surface area contributed by atoms with E-state index in [1.165, 1.54) is 283 Å². The van der Waals surface area contributed by atoms with Crippen LogP contribution in [-0.4, -0.2) is 69.4 Å². The number of carbonyl (C=O) groups excluding carboxylic acids is 2. The minimum Gasteiger partial charge on any atom is -0.756 e. The van der Waals surface area contributed by atoms with Gasteiger partial charge in [0.15, 0.2) is 0 Å². The highest BCUT2D eigenvalue weighted by Gasteiger charge is 2.27. The molecule has 0 saturated carbocycles. The number of allylic oxidation sites excluding steroid dienone is 7. The van der Waals surface area contributed by atoms with Crippen LogP contribution in [0, 0.1) is 0 Å². The Morgan fingerprint density at radius 1 is 0.402 bits per heavy atom. The van der Waals surface area contributed by atoms with E-state index in [-0.39, 0.29) is 31.5 Å². The average Bonchev–Trinajstić information content (AvgIpc) is 3.70. The number of ether oxygens (including phenoxy) is 1. The number of hydrogen-bond acceptors (Lipinski definition) is 7. The number of amides is 1. The maximum atomic E-state index is 13.6. The average molecular weight is 1240 g/mol. The number of rotatable bonds is 70. The van der Waals surface area contributed by atoms with Crippen LogP contribution in [-0.2, 0) is 27.9 Å². The van der Waals surface area contributed by atoms with E-state index >= 15 is 0 Å². The molecule has 0 bridgehead atoms. The van der Waals surface area contributed by atoms with Crippen molar-refractivity contribution >= 4 is 19.7 Å². The lowest BCUT2D eigenvalue weighted by atomic mass is 10.0. The van der Waals surface area contributed by atoms with Gasteiger partial charge in [-0.25, -0.2) is 0 Å². The zero-order valence-corrected chi connectivity index (χ0v) is 59.6. The van der Waals surface area contributed by atoms with E-state index in [9.17, 15) is 19.0 Å². The first-order valence-corrected chi connectivity index (χ1v) is 39.4. The van der Waals surface area contributed by atoms with Crippen LogP contribution in [0.1, 0.15) is 380 Å². The van der Waals surface area contributed by atoms with Gasteiger partial charge in [0.2, 0.25) is 5.91 Å². The van der Waals surface area contributed by atoms with Crippen molar-refractivity contribution in [2.75, 3.05) is 40.9 Å². The Morgan fingerprint density at radius 2 is 0.701 bits per heavy atom. The molecule has 0 aromatic rings. The van der Waals surface area contributed by atoms with Crippen LogP contribution >= 0.6 is 7.82 Å². The third-order valence-electron chi connectivity index (χ3n) is 17.2. The molecule has 0 fully saturated rings. The molecule has 0 aromatic heterocycles. The van der Waals surface area contributed by atoms with Crippen molar-refractivity contribution in [2.24, 2.45) is 0 Å². The molecule has 0 aliphatic carbocycles. The number of nitrogens with one attached hydrogen (secondary N) is 1. The van der Waals surface area contributed by atoms with Gasteiger partial charge < -0.3 is 28.5 Å². The van der Waals surface area contributed by atoms with E-state index < -0.39 is 20.0 Å². The zero-order chi connectivity index (χ0) is 63.5. The molecule has 0 aliphatic rings. The van der Waals surface area contributed by atoms with Crippen LogP contribution in [0.3, 0.4) is 0 Å². The van der Waals surface area contributed by atoms with E-state index in [2.05, 4.69) is 62.5 Å². The van der Waals surface area contributed by atoms with Crippen LogP contribution < -0.4 is 10.2 Å². The maximum Gasteiger partial charge on any atom is 0.306 e. The summed E-state index contributed by atoms with van der Waals surface area (Å²) in [5.74, 6) is -0.522. The molecule has 0 heterocycles. The molecule has 3 unspecified atom stereocenters. The third kappa shape index (κ3) is 68.2. The molecular weight excluding hydrogens is 1100 g/mol. The normalized spacial score (nSPS) is 13.7. The summed E-state index contributed by atoms with van der Waals surface area (Å²) in [7, 11) is 1.20. The Bertz CT molecular complexity index is 1620. The molecular formula is C77H147N2O7P. The molecule has 9 nitrogen and oxygen atoms in total. The quantitative estimate of drug-likeness (QED) is 0.0212. The molecule has 0 spiro atoms. The van der Waals surface area contributed by atoms with Gasteiger partial charge >= 0.3 is 5.97 Å². The van der Waals surface area contributed by atoms with E-state index in [0.29, 0.717) is 17.4 Å². The highest BCUT2D eigenvalue weighted by atomic mass is 31.2. The standard InChI is InChI=1S/C77H147N2O7P/c1-7-10-13-16-19-22-25-27-29-31-33-35-37-39-41-43-45-47-49-51-54-57-60-63-66-69-76(80)78-74(73-85-87(82,83)84-72-71-79(4,5)6)75(68-65-62-59-56-53-24-21-18-15-12-9-3)86-77(81)70-67-64-61-58-55-52-50-48-46-44-42-40-38-36-34-32-30-28-26-23-20-17-14-11-8-2/h19,22,27-30,65,68,74-75H,7-18,20-21,23-26,31-64,66-67,69-73H2,1-6H3,(H-,78,80,82,83)/b22-19-,29-27-,30-28+,68-65+. The minimum absolute atomic E-state index is 0.0202. The SMILES string of the molecule is CCCCC/C=C\C/C=C\CCCCCCCCCCCCCCCCCC(=O)NC(COP(=O)([O-])OCC[N+](C)(C)C)C(/C=C/CCCCCCCCCCC)OC(=O)CCCCCCCCCCCCCCCCC/C=C/CCCCCCCC. The first-order valence-electron chi connectivity index (χ1n) is 37.9. The molecule has 0 saturated heterocycles. The van der Waals surface area contributed by atoms with Gasteiger partial charge in [-0.1, -0.05) is 327 Å². The summed E-state index contributed by atoms with van der Waals surface area (Å²) < 4.78 is 30.5. The summed E-state index contributed by atoms with van der Waals surface area (Å²) in [6.07, 6.45) is 85.4. The van der Waals surface area contributed by atoms with E-state index in [4.69, 9.17) is 13.8 Å². The van der Waals surface area contributed by atoms with Crippen molar-refractivity contribution in [3.63, 3.8) is 0 Å². The number of quaternary nitrogens is 1. The minimum atomic E-state index is -4.70. The van der Waals surface area contributed by atoms with Gasteiger partial charge in [-0.2, -0.15) is 0 Å². The number of esters is 1. The van der Waals surface area contributed by atoms with Crippen molar-refractivity contribution in [2.45, 2.75) is 392 Å². The van der Waals surface area contributed by atoms with Crippen LogP contribution in [0.5, 0.6) is 0 Å². The number of phosphoric acid groups is 1. The van der Waals surface area contributed by atoms with E-state index in [1.54, 1.807) is 0 Å². The van der Waals surface area contributed by atoms with Gasteiger partial charge in [0.25, 0.3) is 7.82 Å². The number of carbonyl (C=O) groups is 2. The zero-order valence-electron chi connectivity index (χ0n) is 58.7. The Balaban J connectivity index is 4.91. The summed E-state index contributed by atoms with van der Waals surface area (Å²) in [6, 6.07) is -0.887. The van der Waals surface area contributed by atoms with Crippen LogP contribution in [0.25, 0.3) is 0 Å². The number of hydrogen-bond donors (Lipinski definition) is 1. The second kappa shape index (κ2) is 66.9. The van der Waals surface area contributed by atoms with Crippen LogP contribution in [0.2, 0.25) is 0 Å². The van der Waals surface area contributed by atoms with Crippen molar-refractivity contribution in [1.82, 2.24) is 5.32 Å². The van der Waals surface area contributed by atoms with Gasteiger partial charge in [-0.15, -0.1) is 0 Å². The van der Waals surface area contributed by atoms with Gasteiger partial charge in [-0.3, -0.25) is 14.2 Å². The summed E-state index contributed by atoms with van der Waals surface area (Å²) in [6.45, 7) is 6.87. The number of nitrogens with zero attached hydrogens (tertiary/aromatic N) is 1. The molecule has 1 amide bonds. The monoisotopic (exact) mass is 1240 g/mol. The Kier molecular flexibility index (Phi) is 65.3. The first kappa shape index (κ1) is 85.0. The summed E-state index contributed by atoms with van der Waals surface area (Å²) in [5.41, 5.74) is 0. The van der Waals surface area contributed by atoms with Crippen molar-refractivity contribution in [3.05, 3.63) is 48.6 Å². The largest absolute Gasteiger partial charge is 0.756 e. The van der Waals surface area contributed by atoms with E-state index in [1.807, 2.05) is 33.3 Å². The van der Waals surface area contributed by atoms with Crippen LogP contribution in [0.15, 0.2) is 48.6 Å². The molecule has 87 heavy (non-hydrogen) atoms. The topological polar surface area (TPSA) is 114 Å². The lowest BCUT2D eigenvalue weighted by Crippen LogP contribution is -2.47. The summed E-state index contributed by atoms with van der Waals surface area (Å²) in [4.78, 5) is 40.2. The Labute approximate surface area is 541 Å². The number of likely N-dealkylation sites (N-methyl/N-ethyl adjacent to an activating group) is 1. The lowest BCUT2D eigenvalue weighted by Gasteiger charge is -2.30. The second-order valence-corrected chi connectivity index (χ2v) is 28.6.